The molecule has 27 heavy (non-hydrogen) atoms. The summed E-state index contributed by atoms with van der Waals surface area (Å²) in [6.07, 6.45) is 8.75. The van der Waals surface area contributed by atoms with E-state index in [4.69, 9.17) is 4.74 Å². The predicted molar refractivity (Wildman–Crippen MR) is 106 cm³/mol. The first-order valence-electron chi connectivity index (χ1n) is 10.3. The van der Waals surface area contributed by atoms with E-state index in [1.807, 2.05) is 13.0 Å². The van der Waals surface area contributed by atoms with Crippen molar-refractivity contribution in [3.05, 3.63) is 34.4 Å². The van der Waals surface area contributed by atoms with Crippen LogP contribution in [0, 0.1) is 12.8 Å². The van der Waals surface area contributed by atoms with Crippen molar-refractivity contribution in [1.29, 1.82) is 0 Å². The fourth-order valence-corrected chi connectivity index (χ4v) is 5.30. The van der Waals surface area contributed by atoms with Crippen LogP contribution in [-0.4, -0.2) is 22.7 Å². The lowest BCUT2D eigenvalue weighted by molar-refractivity contribution is 0.0107. The predicted octanol–water partition coefficient (Wildman–Crippen LogP) is 4.98. The van der Waals surface area contributed by atoms with Crippen molar-refractivity contribution in [2.75, 3.05) is 0 Å². The fraction of sp³-hybridized carbons (Fsp3) is 0.609. The van der Waals surface area contributed by atoms with Crippen LogP contribution in [0.3, 0.4) is 0 Å². The fourth-order valence-electron chi connectivity index (χ4n) is 5.30. The van der Waals surface area contributed by atoms with Crippen LogP contribution in [0.1, 0.15) is 86.7 Å². The van der Waals surface area contributed by atoms with Gasteiger partial charge in [0.05, 0.1) is 5.56 Å². The van der Waals surface area contributed by atoms with Gasteiger partial charge in [-0.3, -0.25) is 4.79 Å². The molecule has 1 aromatic rings. The maximum atomic E-state index is 13.0. The molecule has 0 bridgehead atoms. The highest BCUT2D eigenvalue weighted by molar-refractivity contribution is 5.99. The van der Waals surface area contributed by atoms with Crippen molar-refractivity contribution >= 4 is 5.91 Å². The number of hydrogen-bond donors (Lipinski definition) is 2. The number of benzene rings is 1. The summed E-state index contributed by atoms with van der Waals surface area (Å²) < 4.78 is 6.33. The summed E-state index contributed by atoms with van der Waals surface area (Å²) in [5, 5.41) is 14.3. The first kappa shape index (κ1) is 18.4. The van der Waals surface area contributed by atoms with Gasteiger partial charge in [-0.2, -0.15) is 0 Å². The molecular formula is C23H31NO3. The van der Waals surface area contributed by atoms with E-state index in [1.165, 1.54) is 5.57 Å². The van der Waals surface area contributed by atoms with Gasteiger partial charge in [0.1, 0.15) is 17.1 Å². The highest BCUT2D eigenvalue weighted by Crippen LogP contribution is 2.54. The maximum Gasteiger partial charge on any atom is 0.255 e. The van der Waals surface area contributed by atoms with Gasteiger partial charge in [0.15, 0.2) is 0 Å². The Labute approximate surface area is 162 Å². The highest BCUT2D eigenvalue weighted by Gasteiger charge is 2.46. The third kappa shape index (κ3) is 3.13. The zero-order chi connectivity index (χ0) is 19.3. The van der Waals surface area contributed by atoms with Gasteiger partial charge in [0.2, 0.25) is 0 Å². The number of nitrogens with one attached hydrogen (secondary N) is 1. The number of ether oxygens (including phenoxy) is 1. The van der Waals surface area contributed by atoms with E-state index in [2.05, 4.69) is 32.2 Å². The molecular weight excluding hydrogens is 338 g/mol. The summed E-state index contributed by atoms with van der Waals surface area (Å²) in [4.78, 5) is 13.0. The van der Waals surface area contributed by atoms with Crippen LogP contribution in [0.2, 0.25) is 0 Å². The number of amides is 1. The summed E-state index contributed by atoms with van der Waals surface area (Å²) in [7, 11) is 0. The molecule has 0 saturated heterocycles. The molecule has 2 atom stereocenters. The van der Waals surface area contributed by atoms with E-state index >= 15 is 0 Å². The Bertz CT molecular complexity index is 802. The molecule has 1 aromatic carbocycles. The monoisotopic (exact) mass is 369 g/mol. The Hall–Kier alpha value is -1.97. The number of aryl methyl sites for hydroxylation is 1. The number of aromatic hydroxyl groups is 1. The van der Waals surface area contributed by atoms with E-state index in [0.717, 1.165) is 55.4 Å². The van der Waals surface area contributed by atoms with Crippen molar-refractivity contribution in [1.82, 2.24) is 5.32 Å². The van der Waals surface area contributed by atoms with Crippen LogP contribution in [0.15, 0.2) is 17.7 Å². The third-order valence-electron chi connectivity index (χ3n) is 6.76. The van der Waals surface area contributed by atoms with Crippen LogP contribution < -0.4 is 10.1 Å². The lowest BCUT2D eigenvalue weighted by Crippen LogP contribution is -2.45. The third-order valence-corrected chi connectivity index (χ3v) is 6.76. The second-order valence-electron chi connectivity index (χ2n) is 9.17. The van der Waals surface area contributed by atoms with Gasteiger partial charge >= 0.3 is 0 Å². The van der Waals surface area contributed by atoms with Gasteiger partial charge in [-0.15, -0.1) is 0 Å². The average molecular weight is 370 g/mol. The van der Waals surface area contributed by atoms with Crippen molar-refractivity contribution in [3.63, 3.8) is 0 Å². The Morgan fingerprint density at radius 3 is 2.63 bits per heavy atom. The summed E-state index contributed by atoms with van der Waals surface area (Å²) >= 11 is 0. The molecule has 1 amide bonds. The molecule has 1 fully saturated rings. The zero-order valence-electron chi connectivity index (χ0n) is 16.9. The number of phenolic OH excluding ortho intramolecular Hbond substituents is 1. The van der Waals surface area contributed by atoms with E-state index in [1.54, 1.807) is 0 Å². The molecule has 146 valence electrons. The summed E-state index contributed by atoms with van der Waals surface area (Å²) in [6, 6.07) is 2.17. The minimum absolute atomic E-state index is 0.0936. The van der Waals surface area contributed by atoms with Crippen LogP contribution in [0.5, 0.6) is 11.5 Å². The summed E-state index contributed by atoms with van der Waals surface area (Å²) in [5.74, 6) is 1.07. The van der Waals surface area contributed by atoms with Crippen molar-refractivity contribution in [2.45, 2.75) is 83.8 Å². The molecule has 0 radical (unpaired) electrons. The highest BCUT2D eigenvalue weighted by atomic mass is 16.5. The first-order valence-corrected chi connectivity index (χ1v) is 10.3. The van der Waals surface area contributed by atoms with Gasteiger partial charge < -0.3 is 15.2 Å². The molecule has 0 aromatic heterocycles. The summed E-state index contributed by atoms with van der Waals surface area (Å²) in [5.41, 5.74) is 3.03. The normalized spacial score (nSPS) is 26.6. The number of carbonyl (C=O) groups is 1. The molecule has 4 heteroatoms. The number of allylic oxidation sites excluding steroid dienone is 2. The largest absolute Gasteiger partial charge is 0.507 e. The van der Waals surface area contributed by atoms with E-state index < -0.39 is 0 Å². The minimum atomic E-state index is -0.290. The smallest absolute Gasteiger partial charge is 0.255 e. The molecule has 4 rings (SSSR count). The van der Waals surface area contributed by atoms with Gasteiger partial charge in [0, 0.05) is 23.4 Å². The Morgan fingerprint density at radius 1 is 1.22 bits per heavy atom. The van der Waals surface area contributed by atoms with Crippen LogP contribution in [-0.2, 0) is 0 Å². The molecule has 3 aliphatic rings. The van der Waals surface area contributed by atoms with Crippen molar-refractivity contribution < 1.29 is 14.6 Å². The standard InChI is InChI=1S/C23H31NO3/c1-13-9-10-17-16(11-13)20-18(27-23(17,3)4)12-14(2)19(21(20)25)22(26)24-15-7-5-6-8-15/h11-12,15-17,25H,5-10H2,1-4H3,(H,24,26). The Morgan fingerprint density at radius 2 is 1.93 bits per heavy atom. The van der Waals surface area contributed by atoms with Crippen LogP contribution in [0.25, 0.3) is 0 Å². The van der Waals surface area contributed by atoms with Crippen molar-refractivity contribution in [3.8, 4) is 11.5 Å². The lowest BCUT2D eigenvalue weighted by Gasteiger charge is -2.46. The lowest BCUT2D eigenvalue weighted by atomic mass is 9.67. The van der Waals surface area contributed by atoms with E-state index in [0.29, 0.717) is 11.5 Å². The molecule has 1 saturated carbocycles. The van der Waals surface area contributed by atoms with E-state index in [-0.39, 0.29) is 29.2 Å². The first-order chi connectivity index (χ1) is 12.8. The summed E-state index contributed by atoms with van der Waals surface area (Å²) in [6.45, 7) is 8.30. The van der Waals surface area contributed by atoms with E-state index in [9.17, 15) is 9.90 Å². The number of hydrogen-bond acceptors (Lipinski definition) is 3. The topological polar surface area (TPSA) is 58.6 Å². The number of fused-ring (bicyclic) bond motifs is 3. The quantitative estimate of drug-likeness (QED) is 0.723. The Balaban J connectivity index is 1.78. The van der Waals surface area contributed by atoms with Crippen LogP contribution in [0.4, 0.5) is 0 Å². The number of phenols is 1. The molecule has 2 unspecified atom stereocenters. The second kappa shape index (κ2) is 6.57. The zero-order valence-corrected chi connectivity index (χ0v) is 16.9. The molecule has 1 aliphatic heterocycles. The van der Waals surface area contributed by atoms with Gasteiger partial charge in [-0.05, 0) is 65.0 Å². The van der Waals surface area contributed by atoms with Gasteiger partial charge in [-0.25, -0.2) is 0 Å². The van der Waals surface area contributed by atoms with Crippen LogP contribution >= 0.6 is 0 Å². The molecule has 1 heterocycles. The molecule has 0 spiro atoms. The minimum Gasteiger partial charge on any atom is -0.507 e. The SMILES string of the molecule is CC1=CC2c3c(cc(C)c(C(=O)NC4CCCC4)c3O)OC(C)(C)C2CC1. The Kier molecular flexibility index (Phi) is 4.48. The van der Waals surface area contributed by atoms with Crippen molar-refractivity contribution in [2.24, 2.45) is 5.92 Å². The molecule has 2 aliphatic carbocycles. The number of carbonyl (C=O) groups excluding carboxylic acids is 1. The van der Waals surface area contributed by atoms with Gasteiger partial charge in [-0.1, -0.05) is 24.5 Å². The average Bonchev–Trinajstić information content (AvgIpc) is 3.06. The number of rotatable bonds is 2. The molecule has 2 N–H and O–H groups in total. The maximum absolute atomic E-state index is 13.0. The molecule has 4 nitrogen and oxygen atoms in total. The second-order valence-corrected chi connectivity index (χ2v) is 9.17. The van der Waals surface area contributed by atoms with Gasteiger partial charge in [0.25, 0.3) is 5.91 Å².